The molecule has 0 saturated heterocycles. The summed E-state index contributed by atoms with van der Waals surface area (Å²) in [5.41, 5.74) is 0.338. The Kier molecular flexibility index (Phi) is 8.83. The lowest BCUT2D eigenvalue weighted by Gasteiger charge is -2.31. The van der Waals surface area contributed by atoms with Crippen molar-refractivity contribution in [3.8, 4) is 11.5 Å². The van der Waals surface area contributed by atoms with Gasteiger partial charge >= 0.3 is 0 Å². The lowest BCUT2D eigenvalue weighted by atomic mass is 9.90. The van der Waals surface area contributed by atoms with Crippen LogP contribution in [0.3, 0.4) is 0 Å². The third-order valence-corrected chi connectivity index (χ3v) is 6.65. The zero-order chi connectivity index (χ0) is 23.8. The first kappa shape index (κ1) is 24.7. The molecule has 178 valence electrons. The summed E-state index contributed by atoms with van der Waals surface area (Å²) in [5.74, 6) is -0.283. The maximum Gasteiger partial charge on any atom is 0.219 e. The number of phenolic OH excluding ortho intramolecular Hbond substituents is 1. The van der Waals surface area contributed by atoms with E-state index in [0.29, 0.717) is 29.9 Å². The predicted octanol–water partition coefficient (Wildman–Crippen LogP) is 3.90. The van der Waals surface area contributed by atoms with Crippen molar-refractivity contribution in [2.24, 2.45) is 5.92 Å². The Labute approximate surface area is 195 Å². The van der Waals surface area contributed by atoms with Crippen LogP contribution in [0.1, 0.15) is 50.5 Å². The Morgan fingerprint density at radius 3 is 2.73 bits per heavy atom. The second kappa shape index (κ2) is 11.8. The van der Waals surface area contributed by atoms with E-state index in [1.165, 1.54) is 45.2 Å². The van der Waals surface area contributed by atoms with Crippen LogP contribution in [0.2, 0.25) is 0 Å². The molecule has 1 amide bonds. The van der Waals surface area contributed by atoms with E-state index in [1.807, 2.05) is 18.2 Å². The van der Waals surface area contributed by atoms with E-state index in [1.54, 1.807) is 6.07 Å². The van der Waals surface area contributed by atoms with Crippen molar-refractivity contribution >= 4 is 28.7 Å². The van der Waals surface area contributed by atoms with Crippen LogP contribution in [0.15, 0.2) is 30.3 Å². The first-order chi connectivity index (χ1) is 15.9. The van der Waals surface area contributed by atoms with Gasteiger partial charge in [0.2, 0.25) is 5.91 Å². The van der Waals surface area contributed by atoms with Gasteiger partial charge in [0, 0.05) is 31.6 Å². The average Bonchev–Trinajstić information content (AvgIpc) is 2.84. The van der Waals surface area contributed by atoms with E-state index in [9.17, 15) is 14.7 Å². The van der Waals surface area contributed by atoms with Crippen molar-refractivity contribution in [2.45, 2.75) is 51.0 Å². The molecule has 1 aliphatic carbocycles. The summed E-state index contributed by atoms with van der Waals surface area (Å²) in [5, 5.41) is 23.1. The van der Waals surface area contributed by atoms with Crippen LogP contribution in [-0.4, -0.2) is 61.2 Å². The van der Waals surface area contributed by atoms with Gasteiger partial charge in [0.15, 0.2) is 0 Å². The molecule has 0 heterocycles. The molecule has 0 spiro atoms. The average molecular weight is 454 g/mol. The summed E-state index contributed by atoms with van der Waals surface area (Å²) in [4.78, 5) is 25.6. The number of likely N-dealkylation sites (N-methyl/N-ethyl adjacent to an activating group) is 1. The number of carbonyl (C=O) groups is 2. The van der Waals surface area contributed by atoms with E-state index in [4.69, 9.17) is 10.1 Å². The first-order valence-electron chi connectivity index (χ1n) is 11.8. The molecule has 3 rings (SSSR count). The summed E-state index contributed by atoms with van der Waals surface area (Å²) in [7, 11) is 3.70. The Morgan fingerprint density at radius 2 is 2.03 bits per heavy atom. The Hall–Kier alpha value is -2.93. The number of nitrogens with one attached hydrogen (secondary N) is 2. The number of aldehydes is 1. The molecule has 33 heavy (non-hydrogen) atoms. The standard InChI is InChI=1S/C26H35N3O4/c1-28-24(32)13-9-19(17-30)26(27)25-22-11-10-21(16-18(22)8-12-23(25)31)33-15-14-29(2)20-6-4-3-5-7-20/h8,10-12,16-17,19-20,27,31H,3-7,9,13-15H2,1-2H3,(H,28,32). The summed E-state index contributed by atoms with van der Waals surface area (Å²) >= 11 is 0. The van der Waals surface area contributed by atoms with Gasteiger partial charge in [-0.3, -0.25) is 4.79 Å². The lowest BCUT2D eigenvalue weighted by molar-refractivity contribution is -0.120. The summed E-state index contributed by atoms with van der Waals surface area (Å²) in [6.45, 7) is 1.45. The quantitative estimate of drug-likeness (QED) is 0.354. The van der Waals surface area contributed by atoms with Crippen LogP contribution in [0.5, 0.6) is 11.5 Å². The number of amides is 1. The molecule has 0 aliphatic heterocycles. The van der Waals surface area contributed by atoms with E-state index in [0.717, 1.165) is 17.7 Å². The zero-order valence-electron chi connectivity index (χ0n) is 19.6. The van der Waals surface area contributed by atoms with Crippen LogP contribution in [0, 0.1) is 11.3 Å². The van der Waals surface area contributed by atoms with E-state index in [-0.39, 0.29) is 30.2 Å². The molecule has 0 bridgehead atoms. The van der Waals surface area contributed by atoms with Gasteiger partial charge in [0.05, 0.1) is 11.6 Å². The van der Waals surface area contributed by atoms with Crippen LogP contribution in [0.25, 0.3) is 10.8 Å². The zero-order valence-corrected chi connectivity index (χ0v) is 19.6. The highest BCUT2D eigenvalue weighted by atomic mass is 16.5. The molecular weight excluding hydrogens is 418 g/mol. The maximum absolute atomic E-state index is 11.6. The molecule has 1 unspecified atom stereocenters. The van der Waals surface area contributed by atoms with Gasteiger partial charge in [-0.1, -0.05) is 25.3 Å². The number of fused-ring (bicyclic) bond motifs is 1. The third-order valence-electron chi connectivity index (χ3n) is 6.65. The number of phenols is 1. The molecule has 7 nitrogen and oxygen atoms in total. The fourth-order valence-corrected chi connectivity index (χ4v) is 4.56. The minimum atomic E-state index is -0.773. The number of carbonyl (C=O) groups excluding carboxylic acids is 2. The molecule has 1 aliphatic rings. The Balaban J connectivity index is 1.70. The second-order valence-electron chi connectivity index (χ2n) is 8.83. The lowest BCUT2D eigenvalue weighted by Crippen LogP contribution is -2.36. The van der Waals surface area contributed by atoms with Crippen LogP contribution in [-0.2, 0) is 9.59 Å². The van der Waals surface area contributed by atoms with Crippen molar-refractivity contribution < 1.29 is 19.4 Å². The van der Waals surface area contributed by atoms with Gasteiger partial charge in [-0.15, -0.1) is 0 Å². The monoisotopic (exact) mass is 453 g/mol. The van der Waals surface area contributed by atoms with Gasteiger partial charge in [0.1, 0.15) is 24.4 Å². The molecule has 3 N–H and O–H groups in total. The second-order valence-corrected chi connectivity index (χ2v) is 8.83. The highest BCUT2D eigenvalue weighted by molar-refractivity contribution is 6.16. The number of ether oxygens (including phenoxy) is 1. The molecule has 1 saturated carbocycles. The Morgan fingerprint density at radius 1 is 1.27 bits per heavy atom. The van der Waals surface area contributed by atoms with Gasteiger partial charge in [-0.25, -0.2) is 0 Å². The fourth-order valence-electron chi connectivity index (χ4n) is 4.56. The van der Waals surface area contributed by atoms with Crippen LogP contribution in [0.4, 0.5) is 0 Å². The highest BCUT2D eigenvalue weighted by Crippen LogP contribution is 2.32. The smallest absolute Gasteiger partial charge is 0.219 e. The number of rotatable bonds is 11. The van der Waals surface area contributed by atoms with Gasteiger partial charge in [-0.2, -0.15) is 0 Å². The van der Waals surface area contributed by atoms with E-state index >= 15 is 0 Å². The molecule has 7 heteroatoms. The van der Waals surface area contributed by atoms with Crippen molar-refractivity contribution in [1.29, 1.82) is 5.41 Å². The number of hydrogen-bond donors (Lipinski definition) is 3. The fraction of sp³-hybridized carbons (Fsp3) is 0.500. The topological polar surface area (TPSA) is 103 Å². The molecule has 0 aromatic heterocycles. The molecule has 2 aromatic carbocycles. The number of aromatic hydroxyl groups is 1. The van der Waals surface area contributed by atoms with Crippen LogP contribution < -0.4 is 10.1 Å². The minimum absolute atomic E-state index is 0.0137. The van der Waals surface area contributed by atoms with E-state index in [2.05, 4.69) is 17.3 Å². The molecule has 0 radical (unpaired) electrons. The molecule has 1 fully saturated rings. The van der Waals surface area contributed by atoms with Crippen molar-refractivity contribution in [1.82, 2.24) is 10.2 Å². The molecule has 2 aromatic rings. The Bertz CT molecular complexity index is 985. The van der Waals surface area contributed by atoms with Crippen LogP contribution >= 0.6 is 0 Å². The predicted molar refractivity (Wildman–Crippen MR) is 130 cm³/mol. The summed E-state index contributed by atoms with van der Waals surface area (Å²) < 4.78 is 5.99. The maximum atomic E-state index is 11.6. The first-order valence-corrected chi connectivity index (χ1v) is 11.8. The van der Waals surface area contributed by atoms with Gasteiger partial charge in [0.25, 0.3) is 0 Å². The van der Waals surface area contributed by atoms with Crippen molar-refractivity contribution in [2.75, 3.05) is 27.2 Å². The van der Waals surface area contributed by atoms with Crippen molar-refractivity contribution in [3.63, 3.8) is 0 Å². The summed E-state index contributed by atoms with van der Waals surface area (Å²) in [6.07, 6.45) is 7.50. The van der Waals surface area contributed by atoms with Gasteiger partial charge in [-0.05, 0) is 61.3 Å². The van der Waals surface area contributed by atoms with Gasteiger partial charge < -0.3 is 30.3 Å². The highest BCUT2D eigenvalue weighted by Gasteiger charge is 2.22. The molecular formula is C26H35N3O4. The largest absolute Gasteiger partial charge is 0.507 e. The minimum Gasteiger partial charge on any atom is -0.507 e. The number of benzene rings is 2. The number of hydrogen-bond acceptors (Lipinski definition) is 6. The third kappa shape index (κ3) is 6.32. The van der Waals surface area contributed by atoms with E-state index < -0.39 is 5.92 Å². The molecule has 1 atom stereocenters. The summed E-state index contributed by atoms with van der Waals surface area (Å²) in [6, 6.07) is 9.51. The normalized spacial score (nSPS) is 15.4. The number of nitrogens with zero attached hydrogens (tertiary/aromatic N) is 1. The van der Waals surface area contributed by atoms with Crippen molar-refractivity contribution in [3.05, 3.63) is 35.9 Å². The SMILES string of the molecule is CNC(=O)CCC(C=O)C(=N)c1c(O)ccc2cc(OCCN(C)C3CCCCC3)ccc12.